The maximum Gasteiger partial charge on any atom is 0.208 e. The third-order valence-electron chi connectivity index (χ3n) is 2.30. The van der Waals surface area contributed by atoms with Crippen LogP contribution in [-0.4, -0.2) is 8.42 Å². The van der Waals surface area contributed by atoms with E-state index in [1.807, 2.05) is 0 Å². The average Bonchev–Trinajstić information content (AvgIpc) is 2.33. The van der Waals surface area contributed by atoms with E-state index in [0.717, 1.165) is 0 Å². The summed E-state index contributed by atoms with van der Waals surface area (Å²) in [6.07, 6.45) is 0. The predicted octanol–water partition coefficient (Wildman–Crippen LogP) is 2.76. The second-order valence-corrected chi connectivity index (χ2v) is 5.83. The highest BCUT2D eigenvalue weighted by atomic mass is 35.5. The zero-order valence-electron chi connectivity index (χ0n) is 8.80. The van der Waals surface area contributed by atoms with Crippen LogP contribution in [0.2, 0.25) is 5.02 Å². The Morgan fingerprint density at radius 2 is 1.65 bits per heavy atom. The summed E-state index contributed by atoms with van der Waals surface area (Å²) in [6.45, 7) is 0. The van der Waals surface area contributed by atoms with Gasteiger partial charge in [0.05, 0.1) is 14.8 Å². The first kappa shape index (κ1) is 12.0. The van der Waals surface area contributed by atoms with Crippen LogP contribution in [-0.2, 0) is 9.84 Å². The first-order chi connectivity index (χ1) is 8.01. The van der Waals surface area contributed by atoms with Gasteiger partial charge in [-0.15, -0.1) is 0 Å². The zero-order valence-corrected chi connectivity index (χ0v) is 10.4. The molecule has 0 amide bonds. The third-order valence-corrected chi connectivity index (χ3v) is 4.55. The maximum absolute atomic E-state index is 12.3. The Morgan fingerprint density at radius 1 is 1.00 bits per heavy atom. The van der Waals surface area contributed by atoms with Gasteiger partial charge in [-0.1, -0.05) is 29.8 Å². The van der Waals surface area contributed by atoms with Crippen LogP contribution < -0.4 is 5.73 Å². The van der Waals surface area contributed by atoms with Gasteiger partial charge in [0.1, 0.15) is 0 Å². The van der Waals surface area contributed by atoms with Gasteiger partial charge in [-0.2, -0.15) is 0 Å². The molecule has 0 aliphatic heterocycles. The van der Waals surface area contributed by atoms with Crippen molar-refractivity contribution in [2.24, 2.45) is 0 Å². The lowest BCUT2D eigenvalue weighted by Gasteiger charge is -2.07. The highest BCUT2D eigenvalue weighted by Gasteiger charge is 2.20. The van der Waals surface area contributed by atoms with Gasteiger partial charge in [-0.3, -0.25) is 0 Å². The SMILES string of the molecule is Nc1ccc(Cl)c(S(=O)(=O)c2ccccc2)c1. The second-order valence-electron chi connectivity index (χ2n) is 3.51. The summed E-state index contributed by atoms with van der Waals surface area (Å²) in [4.78, 5) is 0.234. The number of nitrogen functional groups attached to an aromatic ring is 1. The maximum atomic E-state index is 12.3. The van der Waals surface area contributed by atoms with Crippen molar-refractivity contribution in [3.8, 4) is 0 Å². The molecule has 2 aromatic carbocycles. The zero-order chi connectivity index (χ0) is 12.5. The monoisotopic (exact) mass is 267 g/mol. The van der Waals surface area contributed by atoms with Crippen LogP contribution >= 0.6 is 11.6 Å². The number of hydrogen-bond acceptors (Lipinski definition) is 3. The number of rotatable bonds is 2. The Kier molecular flexibility index (Phi) is 3.09. The fraction of sp³-hybridized carbons (Fsp3) is 0. The molecule has 0 aromatic heterocycles. The minimum absolute atomic E-state index is 0.0327. The Hall–Kier alpha value is -1.52. The molecule has 5 heteroatoms. The van der Waals surface area contributed by atoms with Crippen molar-refractivity contribution in [1.29, 1.82) is 0 Å². The Bertz CT molecular complexity index is 639. The largest absolute Gasteiger partial charge is 0.399 e. The van der Waals surface area contributed by atoms with Crippen molar-refractivity contribution >= 4 is 27.1 Å². The van der Waals surface area contributed by atoms with Crippen LogP contribution in [0, 0.1) is 0 Å². The smallest absolute Gasteiger partial charge is 0.208 e. The summed E-state index contributed by atoms with van der Waals surface area (Å²) in [5.74, 6) is 0. The van der Waals surface area contributed by atoms with Crippen molar-refractivity contribution in [3.63, 3.8) is 0 Å². The van der Waals surface area contributed by atoms with Crippen LogP contribution in [0.15, 0.2) is 58.3 Å². The van der Waals surface area contributed by atoms with Gasteiger partial charge in [0.15, 0.2) is 0 Å². The summed E-state index contributed by atoms with van der Waals surface area (Å²) in [7, 11) is -3.60. The van der Waals surface area contributed by atoms with E-state index < -0.39 is 9.84 Å². The second kappa shape index (κ2) is 4.39. The van der Waals surface area contributed by atoms with E-state index in [0.29, 0.717) is 5.69 Å². The van der Waals surface area contributed by atoms with Gasteiger partial charge < -0.3 is 5.73 Å². The summed E-state index contributed by atoms with van der Waals surface area (Å²) >= 11 is 5.90. The predicted molar refractivity (Wildman–Crippen MR) is 67.8 cm³/mol. The molecule has 0 heterocycles. The molecule has 88 valence electrons. The quantitative estimate of drug-likeness (QED) is 0.851. The Balaban J connectivity index is 2.64. The van der Waals surface area contributed by atoms with E-state index in [1.165, 1.54) is 24.3 Å². The molecule has 3 nitrogen and oxygen atoms in total. The van der Waals surface area contributed by atoms with Crippen molar-refractivity contribution in [1.82, 2.24) is 0 Å². The van der Waals surface area contributed by atoms with Gasteiger partial charge in [-0.25, -0.2) is 8.42 Å². The van der Waals surface area contributed by atoms with Gasteiger partial charge >= 0.3 is 0 Å². The van der Waals surface area contributed by atoms with Crippen molar-refractivity contribution in [2.45, 2.75) is 9.79 Å². The van der Waals surface area contributed by atoms with Crippen LogP contribution in [0.4, 0.5) is 5.69 Å². The molecule has 0 aliphatic rings. The molecule has 0 atom stereocenters. The molecule has 2 rings (SSSR count). The molecular formula is C12H10ClNO2S. The molecule has 0 aliphatic carbocycles. The standard InChI is InChI=1S/C12H10ClNO2S/c13-11-7-6-9(14)8-12(11)17(15,16)10-4-2-1-3-5-10/h1-8H,14H2. The van der Waals surface area contributed by atoms with E-state index >= 15 is 0 Å². The minimum Gasteiger partial charge on any atom is -0.399 e. The minimum atomic E-state index is -3.60. The van der Waals surface area contributed by atoms with Gasteiger partial charge in [0, 0.05) is 5.69 Å². The Morgan fingerprint density at radius 3 is 2.29 bits per heavy atom. The van der Waals surface area contributed by atoms with Gasteiger partial charge in [-0.05, 0) is 30.3 Å². The molecule has 0 saturated carbocycles. The molecule has 0 spiro atoms. The number of benzene rings is 2. The van der Waals surface area contributed by atoms with E-state index in [9.17, 15) is 8.42 Å². The highest BCUT2D eigenvalue weighted by Crippen LogP contribution is 2.28. The van der Waals surface area contributed by atoms with Gasteiger partial charge in [0.25, 0.3) is 0 Å². The van der Waals surface area contributed by atoms with Crippen molar-refractivity contribution in [2.75, 3.05) is 5.73 Å². The molecule has 0 unspecified atom stereocenters. The molecule has 0 bridgehead atoms. The van der Waals surface area contributed by atoms with Crippen LogP contribution in [0.3, 0.4) is 0 Å². The van der Waals surface area contributed by atoms with E-state index in [2.05, 4.69) is 0 Å². The molecule has 2 N–H and O–H groups in total. The lowest BCUT2D eigenvalue weighted by Crippen LogP contribution is -2.03. The molecule has 0 fully saturated rings. The Labute approximate surface area is 105 Å². The topological polar surface area (TPSA) is 60.2 Å². The molecule has 0 radical (unpaired) electrons. The van der Waals surface area contributed by atoms with Gasteiger partial charge in [0.2, 0.25) is 9.84 Å². The average molecular weight is 268 g/mol. The first-order valence-corrected chi connectivity index (χ1v) is 6.73. The van der Waals surface area contributed by atoms with E-state index in [-0.39, 0.29) is 14.8 Å². The summed E-state index contributed by atoms with van der Waals surface area (Å²) in [5, 5.41) is 0.169. The molecule has 0 saturated heterocycles. The number of hydrogen-bond donors (Lipinski definition) is 1. The lowest BCUT2D eigenvalue weighted by atomic mass is 10.3. The molecular weight excluding hydrogens is 258 g/mol. The normalized spacial score (nSPS) is 11.4. The van der Waals surface area contributed by atoms with Crippen molar-refractivity contribution in [3.05, 3.63) is 53.6 Å². The molecule has 17 heavy (non-hydrogen) atoms. The fourth-order valence-electron chi connectivity index (χ4n) is 1.45. The number of nitrogens with two attached hydrogens (primary N) is 1. The summed E-state index contributed by atoms with van der Waals surface area (Å²) < 4.78 is 24.5. The van der Waals surface area contributed by atoms with E-state index in [1.54, 1.807) is 24.3 Å². The number of halogens is 1. The fourth-order valence-corrected chi connectivity index (χ4v) is 3.26. The van der Waals surface area contributed by atoms with E-state index in [4.69, 9.17) is 17.3 Å². The number of anilines is 1. The highest BCUT2D eigenvalue weighted by molar-refractivity contribution is 7.91. The summed E-state index contributed by atoms with van der Waals surface area (Å²) in [5.41, 5.74) is 5.94. The van der Waals surface area contributed by atoms with Crippen molar-refractivity contribution < 1.29 is 8.42 Å². The third kappa shape index (κ3) is 2.28. The molecule has 2 aromatic rings. The number of sulfone groups is 1. The lowest BCUT2D eigenvalue weighted by molar-refractivity contribution is 0.596. The summed E-state index contributed by atoms with van der Waals surface area (Å²) in [6, 6.07) is 12.5. The van der Waals surface area contributed by atoms with Crippen LogP contribution in [0.1, 0.15) is 0 Å². The van der Waals surface area contributed by atoms with Crippen LogP contribution in [0.5, 0.6) is 0 Å². The van der Waals surface area contributed by atoms with Crippen LogP contribution in [0.25, 0.3) is 0 Å². The first-order valence-electron chi connectivity index (χ1n) is 4.87.